The lowest BCUT2D eigenvalue weighted by molar-refractivity contribution is -0.305. The number of hydrogen-bond donors (Lipinski definition) is 6. The van der Waals surface area contributed by atoms with E-state index in [1.165, 1.54) is 89.9 Å². The number of aliphatic hydroxyl groups excluding tert-OH is 5. The zero-order valence-corrected chi connectivity index (χ0v) is 41.8. The first-order valence-corrected chi connectivity index (χ1v) is 26.6. The smallest absolute Gasteiger partial charge is 0.306 e. The number of carbonyl (C=O) groups excluding carboxylic acids is 2. The number of esters is 1. The zero-order valence-electron chi connectivity index (χ0n) is 41.8. The van der Waals surface area contributed by atoms with Crippen LogP contribution < -0.4 is 5.32 Å². The van der Waals surface area contributed by atoms with Gasteiger partial charge >= 0.3 is 5.97 Å². The highest BCUT2D eigenvalue weighted by Gasteiger charge is 2.47. The van der Waals surface area contributed by atoms with Crippen molar-refractivity contribution in [3.8, 4) is 0 Å². The summed E-state index contributed by atoms with van der Waals surface area (Å²) in [6, 6.07) is -1.03. The van der Waals surface area contributed by atoms with Gasteiger partial charge in [-0.25, -0.2) is 0 Å². The molecule has 0 aliphatic carbocycles. The molecule has 1 fully saturated rings. The summed E-state index contributed by atoms with van der Waals surface area (Å²) in [6.45, 7) is 5.58. The highest BCUT2D eigenvalue weighted by Crippen LogP contribution is 2.26. The SMILES string of the molecule is CC/C=C/C=C/C=C\CCCCCCCC(=O)OC1C(OCC(NC(=O)C(O)CCCC/C=C\CCCCCCCC)C(O)/C=C/CCCCCCCCCCCC)OC(CO)C(O)C1O. The Morgan fingerprint density at radius 2 is 1.11 bits per heavy atom. The molecule has 0 spiro atoms. The van der Waals surface area contributed by atoms with Gasteiger partial charge in [0.2, 0.25) is 5.91 Å². The first-order chi connectivity index (χ1) is 32.2. The number of ether oxygens (including phenoxy) is 3. The maximum Gasteiger partial charge on any atom is 0.306 e. The predicted molar refractivity (Wildman–Crippen MR) is 269 cm³/mol. The molecule has 66 heavy (non-hydrogen) atoms. The third kappa shape index (κ3) is 32.2. The lowest BCUT2D eigenvalue weighted by atomic mass is 9.99. The molecule has 11 heteroatoms. The highest BCUT2D eigenvalue weighted by molar-refractivity contribution is 5.80. The van der Waals surface area contributed by atoms with Crippen LogP contribution in [-0.4, -0.2) is 99.6 Å². The van der Waals surface area contributed by atoms with E-state index in [0.717, 1.165) is 77.0 Å². The second-order valence-corrected chi connectivity index (χ2v) is 18.3. The molecule has 0 bridgehead atoms. The maximum absolute atomic E-state index is 13.3. The molecule has 1 amide bonds. The number of carbonyl (C=O) groups is 2. The highest BCUT2D eigenvalue weighted by atomic mass is 16.7. The van der Waals surface area contributed by atoms with Crippen molar-refractivity contribution in [1.29, 1.82) is 0 Å². The fraction of sp³-hybridized carbons (Fsp3) is 0.782. The predicted octanol–water partition coefficient (Wildman–Crippen LogP) is 11.1. The van der Waals surface area contributed by atoms with E-state index in [0.29, 0.717) is 12.8 Å². The first-order valence-electron chi connectivity index (χ1n) is 26.6. The normalized spacial score (nSPS) is 20.6. The van der Waals surface area contributed by atoms with Crippen LogP contribution in [0.15, 0.2) is 60.8 Å². The minimum Gasteiger partial charge on any atom is -0.454 e. The van der Waals surface area contributed by atoms with Gasteiger partial charge in [-0.1, -0.05) is 197 Å². The Labute approximate surface area is 401 Å². The summed E-state index contributed by atoms with van der Waals surface area (Å²) in [6.07, 6.45) is 41.3. The van der Waals surface area contributed by atoms with Crippen molar-refractivity contribution in [3.05, 3.63) is 60.8 Å². The lowest BCUT2D eigenvalue weighted by Crippen LogP contribution is -2.61. The van der Waals surface area contributed by atoms with Crippen LogP contribution >= 0.6 is 0 Å². The molecule has 0 aromatic heterocycles. The topological polar surface area (TPSA) is 175 Å². The minimum absolute atomic E-state index is 0.0973. The molecule has 0 aromatic carbocycles. The van der Waals surface area contributed by atoms with E-state index >= 15 is 0 Å². The van der Waals surface area contributed by atoms with E-state index < -0.39 is 67.4 Å². The second kappa shape index (κ2) is 43.6. The lowest BCUT2D eigenvalue weighted by Gasteiger charge is -2.41. The summed E-state index contributed by atoms with van der Waals surface area (Å²) in [7, 11) is 0. The van der Waals surface area contributed by atoms with Crippen LogP contribution in [0.25, 0.3) is 0 Å². The van der Waals surface area contributed by atoms with Crippen molar-refractivity contribution in [3.63, 3.8) is 0 Å². The molecule has 1 heterocycles. The van der Waals surface area contributed by atoms with Crippen LogP contribution in [0.1, 0.15) is 213 Å². The van der Waals surface area contributed by atoms with Gasteiger partial charge in [0, 0.05) is 6.42 Å². The Morgan fingerprint density at radius 1 is 0.606 bits per heavy atom. The molecule has 1 saturated heterocycles. The molecule has 382 valence electrons. The summed E-state index contributed by atoms with van der Waals surface area (Å²) in [5, 5.41) is 56.6. The van der Waals surface area contributed by atoms with Crippen LogP contribution in [0.5, 0.6) is 0 Å². The molecule has 0 saturated carbocycles. The monoisotopic (exact) mass is 932 g/mol. The van der Waals surface area contributed by atoms with Gasteiger partial charge in [-0.15, -0.1) is 0 Å². The Bertz CT molecular complexity index is 1300. The van der Waals surface area contributed by atoms with Gasteiger partial charge in [0.15, 0.2) is 12.4 Å². The van der Waals surface area contributed by atoms with Crippen LogP contribution in [0, 0.1) is 0 Å². The molecular weight excluding hydrogens is 835 g/mol. The number of aliphatic hydroxyl groups is 5. The third-order valence-electron chi connectivity index (χ3n) is 12.2. The van der Waals surface area contributed by atoms with Crippen molar-refractivity contribution in [2.75, 3.05) is 13.2 Å². The van der Waals surface area contributed by atoms with E-state index in [2.05, 4.69) is 56.5 Å². The van der Waals surface area contributed by atoms with E-state index in [-0.39, 0.29) is 19.4 Å². The molecule has 0 aromatic rings. The number of hydrogen-bond acceptors (Lipinski definition) is 10. The average Bonchev–Trinajstić information content (AvgIpc) is 3.31. The molecular formula is C55H97NO10. The summed E-state index contributed by atoms with van der Waals surface area (Å²) >= 11 is 0. The van der Waals surface area contributed by atoms with Crippen molar-refractivity contribution < 1.29 is 49.3 Å². The van der Waals surface area contributed by atoms with Crippen molar-refractivity contribution in [2.24, 2.45) is 0 Å². The quantitative estimate of drug-likeness (QED) is 0.0149. The van der Waals surface area contributed by atoms with Crippen molar-refractivity contribution >= 4 is 11.9 Å². The van der Waals surface area contributed by atoms with Gasteiger partial charge in [-0.2, -0.15) is 0 Å². The van der Waals surface area contributed by atoms with Gasteiger partial charge in [0.25, 0.3) is 0 Å². The Morgan fingerprint density at radius 3 is 1.67 bits per heavy atom. The summed E-state index contributed by atoms with van der Waals surface area (Å²) in [5.41, 5.74) is 0. The standard InChI is InChI=1S/C55H97NO10/c1-4-7-10-13-16-19-22-25-28-31-34-37-40-43-50(60)66-53-52(62)51(61)49(44-57)65-55(53)64-45-46(47(58)41-38-35-32-29-26-23-20-17-14-11-8-5-2)56-54(63)48(59)42-39-36-33-30-27-24-21-18-15-12-9-6-3/h7,10,13,16,19,22,27,30,38,41,46-49,51-53,55,57-59,61-62H,4-6,8-9,11-12,14-15,17-18,20-21,23-26,28-29,31-37,39-40,42-45H2,1-3H3,(H,56,63)/b10-7+,16-13+,22-19-,30-27-,41-38+. The van der Waals surface area contributed by atoms with Gasteiger partial charge in [-0.05, 0) is 70.6 Å². The van der Waals surface area contributed by atoms with Crippen LogP contribution in [0.4, 0.5) is 0 Å². The average molecular weight is 932 g/mol. The number of unbranched alkanes of at least 4 members (excludes halogenated alkanes) is 23. The van der Waals surface area contributed by atoms with Crippen LogP contribution in [-0.2, 0) is 23.8 Å². The molecule has 0 radical (unpaired) electrons. The number of rotatable bonds is 43. The fourth-order valence-corrected chi connectivity index (χ4v) is 7.94. The molecule has 1 aliphatic rings. The van der Waals surface area contributed by atoms with Gasteiger partial charge in [0.1, 0.15) is 24.4 Å². The molecule has 8 atom stereocenters. The van der Waals surface area contributed by atoms with Crippen molar-refractivity contribution in [2.45, 2.75) is 262 Å². The van der Waals surface area contributed by atoms with E-state index in [1.807, 2.05) is 24.3 Å². The Balaban J connectivity index is 2.81. The van der Waals surface area contributed by atoms with Crippen LogP contribution in [0.2, 0.25) is 0 Å². The zero-order chi connectivity index (χ0) is 48.3. The number of amides is 1. The van der Waals surface area contributed by atoms with Gasteiger partial charge < -0.3 is 45.1 Å². The maximum atomic E-state index is 13.3. The Kier molecular flexibility index (Phi) is 40.6. The molecule has 8 unspecified atom stereocenters. The van der Waals surface area contributed by atoms with E-state index in [4.69, 9.17) is 14.2 Å². The molecule has 1 aliphatic heterocycles. The van der Waals surface area contributed by atoms with Gasteiger partial charge in [-0.3, -0.25) is 9.59 Å². The summed E-state index contributed by atoms with van der Waals surface area (Å²) < 4.78 is 17.5. The Hall–Kier alpha value is -2.64. The fourth-order valence-electron chi connectivity index (χ4n) is 7.94. The molecule has 11 nitrogen and oxygen atoms in total. The molecule has 6 N–H and O–H groups in total. The summed E-state index contributed by atoms with van der Waals surface area (Å²) in [4.78, 5) is 26.3. The number of allylic oxidation sites excluding steroid dienone is 9. The summed E-state index contributed by atoms with van der Waals surface area (Å²) in [5.74, 6) is -1.24. The van der Waals surface area contributed by atoms with Crippen LogP contribution in [0.3, 0.4) is 0 Å². The molecule has 1 rings (SSSR count). The van der Waals surface area contributed by atoms with E-state index in [1.54, 1.807) is 6.08 Å². The van der Waals surface area contributed by atoms with Gasteiger partial charge in [0.05, 0.1) is 25.4 Å². The largest absolute Gasteiger partial charge is 0.454 e. The van der Waals surface area contributed by atoms with Crippen molar-refractivity contribution in [1.82, 2.24) is 5.32 Å². The number of nitrogens with one attached hydrogen (secondary N) is 1. The minimum atomic E-state index is -1.62. The first kappa shape index (κ1) is 61.4. The second-order valence-electron chi connectivity index (χ2n) is 18.3. The third-order valence-corrected chi connectivity index (χ3v) is 12.2. The van der Waals surface area contributed by atoms with E-state index in [9.17, 15) is 35.1 Å².